The van der Waals surface area contributed by atoms with Gasteiger partial charge >= 0.3 is 0 Å². The predicted octanol–water partition coefficient (Wildman–Crippen LogP) is 4.88. The van der Waals surface area contributed by atoms with Crippen LogP contribution < -0.4 is 10.5 Å². The van der Waals surface area contributed by atoms with Crippen molar-refractivity contribution in [2.75, 3.05) is 0 Å². The molecule has 27 heavy (non-hydrogen) atoms. The maximum absolute atomic E-state index is 9.74. The first kappa shape index (κ1) is 17.1. The molecule has 4 nitrogen and oxygen atoms in total. The number of pyridine rings is 1. The molecule has 0 saturated heterocycles. The van der Waals surface area contributed by atoms with Crippen LogP contribution in [0.2, 0.25) is 0 Å². The van der Waals surface area contributed by atoms with Crippen LogP contribution in [-0.2, 0) is 0 Å². The van der Waals surface area contributed by atoms with Gasteiger partial charge in [0.05, 0.1) is 5.92 Å². The van der Waals surface area contributed by atoms with E-state index in [-0.39, 0.29) is 11.8 Å². The lowest BCUT2D eigenvalue weighted by Gasteiger charge is -2.27. The van der Waals surface area contributed by atoms with Crippen LogP contribution in [0.3, 0.4) is 0 Å². The van der Waals surface area contributed by atoms with Crippen molar-refractivity contribution in [3.8, 4) is 11.8 Å². The van der Waals surface area contributed by atoms with E-state index in [0.29, 0.717) is 17.2 Å². The summed E-state index contributed by atoms with van der Waals surface area (Å²) in [5, 5.41) is 10.7. The fraction of sp³-hybridized carbons (Fsp3) is 0.217. The first-order valence-corrected chi connectivity index (χ1v) is 9.07. The summed E-state index contributed by atoms with van der Waals surface area (Å²) in [6.45, 7) is 6.28. The Morgan fingerprint density at radius 2 is 1.78 bits per heavy atom. The Bertz CT molecular complexity index is 1100. The highest BCUT2D eigenvalue weighted by molar-refractivity contribution is 5.87. The zero-order valence-electron chi connectivity index (χ0n) is 15.7. The first-order valence-electron chi connectivity index (χ1n) is 9.07. The summed E-state index contributed by atoms with van der Waals surface area (Å²) in [6, 6.07) is 18.7. The van der Waals surface area contributed by atoms with E-state index < -0.39 is 0 Å². The van der Waals surface area contributed by atoms with Gasteiger partial charge in [-0.3, -0.25) is 0 Å². The molecule has 0 bridgehead atoms. The van der Waals surface area contributed by atoms with Crippen LogP contribution in [0.25, 0.3) is 10.9 Å². The summed E-state index contributed by atoms with van der Waals surface area (Å²) >= 11 is 0. The van der Waals surface area contributed by atoms with Crippen LogP contribution in [0.15, 0.2) is 60.0 Å². The zero-order valence-corrected chi connectivity index (χ0v) is 15.7. The third-order valence-corrected chi connectivity index (χ3v) is 5.12. The number of allylic oxidation sites excluding steroid dienone is 1. The zero-order chi connectivity index (χ0) is 19.1. The van der Waals surface area contributed by atoms with Crippen molar-refractivity contribution >= 4 is 10.9 Å². The highest BCUT2D eigenvalue weighted by Crippen LogP contribution is 2.44. The maximum Gasteiger partial charge on any atom is 0.205 e. The number of nitriles is 1. The molecule has 0 saturated carbocycles. The van der Waals surface area contributed by atoms with E-state index in [9.17, 15) is 5.26 Å². The molecule has 3 aromatic rings. The van der Waals surface area contributed by atoms with Crippen molar-refractivity contribution < 1.29 is 4.74 Å². The summed E-state index contributed by atoms with van der Waals surface area (Å²) in [5.74, 6) is 0.990. The van der Waals surface area contributed by atoms with Crippen molar-refractivity contribution in [1.29, 1.82) is 5.26 Å². The van der Waals surface area contributed by atoms with Crippen LogP contribution >= 0.6 is 0 Å². The van der Waals surface area contributed by atoms with Gasteiger partial charge in [-0.25, -0.2) is 4.98 Å². The van der Waals surface area contributed by atoms with E-state index in [2.05, 4.69) is 49.2 Å². The standard InChI is InChI=1S/C23H21N3O/c1-13(2)15-6-8-16(9-7-15)20-18-11-10-17-5-4-14(3)26-21(17)22(18)27-23(25)19(20)12-24/h4-11,13,20H,25H2,1-3H3. The predicted molar refractivity (Wildman–Crippen MR) is 106 cm³/mol. The summed E-state index contributed by atoms with van der Waals surface area (Å²) in [6.07, 6.45) is 0. The van der Waals surface area contributed by atoms with Crippen molar-refractivity contribution in [1.82, 2.24) is 4.98 Å². The van der Waals surface area contributed by atoms with Crippen molar-refractivity contribution in [3.05, 3.63) is 82.4 Å². The molecule has 1 aliphatic heterocycles. The first-order chi connectivity index (χ1) is 13.0. The van der Waals surface area contributed by atoms with Crippen molar-refractivity contribution in [3.63, 3.8) is 0 Å². The third-order valence-electron chi connectivity index (χ3n) is 5.12. The highest BCUT2D eigenvalue weighted by Gasteiger charge is 2.32. The Morgan fingerprint density at radius 3 is 2.44 bits per heavy atom. The third kappa shape index (κ3) is 2.82. The van der Waals surface area contributed by atoms with E-state index in [1.54, 1.807) is 0 Å². The number of nitrogens with zero attached hydrogens (tertiary/aromatic N) is 2. The van der Waals surface area contributed by atoms with Gasteiger partial charge in [-0.15, -0.1) is 0 Å². The Morgan fingerprint density at radius 1 is 1.07 bits per heavy atom. The number of rotatable bonds is 2. The molecule has 0 amide bonds. The van der Waals surface area contributed by atoms with Gasteiger partial charge in [0.1, 0.15) is 17.2 Å². The summed E-state index contributed by atoms with van der Waals surface area (Å²) in [7, 11) is 0. The molecule has 2 N–H and O–H groups in total. The summed E-state index contributed by atoms with van der Waals surface area (Å²) in [4.78, 5) is 4.65. The molecule has 1 unspecified atom stereocenters. The molecule has 134 valence electrons. The van der Waals surface area contributed by atoms with Crippen LogP contribution in [0, 0.1) is 18.3 Å². The lowest BCUT2D eigenvalue weighted by molar-refractivity contribution is 0.397. The molecule has 4 rings (SSSR count). The Labute approximate surface area is 158 Å². The van der Waals surface area contributed by atoms with Crippen LogP contribution in [-0.4, -0.2) is 4.98 Å². The summed E-state index contributed by atoms with van der Waals surface area (Å²) < 4.78 is 5.89. The van der Waals surface area contributed by atoms with E-state index in [4.69, 9.17) is 10.5 Å². The van der Waals surface area contributed by atoms with E-state index >= 15 is 0 Å². The second kappa shape index (κ2) is 6.44. The average molecular weight is 355 g/mol. The molecule has 0 radical (unpaired) electrons. The van der Waals surface area contributed by atoms with Gasteiger partial charge in [0.2, 0.25) is 5.88 Å². The quantitative estimate of drug-likeness (QED) is 0.711. The lowest BCUT2D eigenvalue weighted by Crippen LogP contribution is -2.21. The molecule has 4 heteroatoms. The van der Waals surface area contributed by atoms with Gasteiger partial charge in [-0.05, 0) is 30.0 Å². The van der Waals surface area contributed by atoms with E-state index in [1.165, 1.54) is 5.56 Å². The number of hydrogen-bond acceptors (Lipinski definition) is 4. The monoisotopic (exact) mass is 355 g/mol. The number of aromatic nitrogens is 1. The van der Waals surface area contributed by atoms with E-state index in [0.717, 1.165) is 27.7 Å². The molecule has 1 aromatic heterocycles. The molecular weight excluding hydrogens is 334 g/mol. The maximum atomic E-state index is 9.74. The van der Waals surface area contributed by atoms with E-state index in [1.807, 2.05) is 31.2 Å². The normalized spacial score (nSPS) is 16.2. The number of fused-ring (bicyclic) bond motifs is 3. The van der Waals surface area contributed by atoms with Gasteiger partial charge < -0.3 is 10.5 Å². The number of benzene rings is 2. The summed E-state index contributed by atoms with van der Waals surface area (Å²) in [5.41, 5.74) is 11.5. The molecular formula is C23H21N3O. The highest BCUT2D eigenvalue weighted by atomic mass is 16.5. The van der Waals surface area contributed by atoms with Crippen molar-refractivity contribution in [2.24, 2.45) is 5.73 Å². The Balaban J connectivity index is 1.94. The lowest BCUT2D eigenvalue weighted by atomic mass is 9.82. The van der Waals surface area contributed by atoms with Gasteiger partial charge in [-0.1, -0.05) is 56.3 Å². The molecule has 0 spiro atoms. The van der Waals surface area contributed by atoms with Gasteiger partial charge in [0, 0.05) is 16.6 Å². The largest absolute Gasteiger partial charge is 0.438 e. The molecule has 2 heterocycles. The molecule has 1 aliphatic rings. The smallest absolute Gasteiger partial charge is 0.205 e. The fourth-order valence-corrected chi connectivity index (χ4v) is 3.61. The SMILES string of the molecule is Cc1ccc2ccc3c(c2n1)OC(N)=C(C#N)C3c1ccc(C(C)C)cc1. The van der Waals surface area contributed by atoms with Gasteiger partial charge in [-0.2, -0.15) is 5.26 Å². The molecule has 2 aromatic carbocycles. The average Bonchev–Trinajstić information content (AvgIpc) is 2.67. The van der Waals surface area contributed by atoms with Gasteiger partial charge in [0.15, 0.2) is 5.75 Å². The second-order valence-electron chi connectivity index (χ2n) is 7.25. The van der Waals surface area contributed by atoms with Crippen LogP contribution in [0.1, 0.15) is 48.1 Å². The molecule has 1 atom stereocenters. The number of aryl methyl sites for hydroxylation is 1. The van der Waals surface area contributed by atoms with Crippen LogP contribution in [0.4, 0.5) is 0 Å². The molecule has 0 fully saturated rings. The Kier molecular flexibility index (Phi) is 4.08. The second-order valence-corrected chi connectivity index (χ2v) is 7.25. The Hall–Kier alpha value is -3.32. The van der Waals surface area contributed by atoms with Gasteiger partial charge in [0.25, 0.3) is 0 Å². The topological polar surface area (TPSA) is 71.9 Å². The minimum Gasteiger partial charge on any atom is -0.438 e. The number of ether oxygens (including phenoxy) is 1. The number of nitrogens with two attached hydrogens (primary N) is 1. The minimum absolute atomic E-state index is 0.152. The fourth-order valence-electron chi connectivity index (χ4n) is 3.61. The minimum atomic E-state index is -0.258. The van der Waals surface area contributed by atoms with Crippen LogP contribution in [0.5, 0.6) is 5.75 Å². The van der Waals surface area contributed by atoms with Crippen molar-refractivity contribution in [2.45, 2.75) is 32.6 Å². The molecule has 0 aliphatic carbocycles. The number of hydrogen-bond donors (Lipinski definition) is 1.